The van der Waals surface area contributed by atoms with E-state index in [1.807, 2.05) is 41.3 Å². The van der Waals surface area contributed by atoms with E-state index in [2.05, 4.69) is 61.9 Å². The second-order valence-electron chi connectivity index (χ2n) is 7.53. The highest BCUT2D eigenvalue weighted by Gasteiger charge is 2.13. The Hall–Kier alpha value is -3.15. The van der Waals surface area contributed by atoms with E-state index in [1.165, 1.54) is 17.5 Å². The molecule has 2 aromatic carbocycles. The first-order chi connectivity index (χ1) is 15.2. The van der Waals surface area contributed by atoms with Crippen molar-refractivity contribution in [3.8, 4) is 11.1 Å². The molecular formula is C26H26N4S. The van der Waals surface area contributed by atoms with Crippen LogP contribution >= 0.6 is 11.9 Å². The number of hydrogen-bond donors (Lipinski definition) is 1. The number of aromatic nitrogens is 3. The first-order valence-corrected chi connectivity index (χ1v) is 11.3. The van der Waals surface area contributed by atoms with Gasteiger partial charge in [0.1, 0.15) is 0 Å². The normalized spacial score (nSPS) is 12.6. The number of nitrogens with zero attached hydrogens (tertiary/aromatic N) is 3. The summed E-state index contributed by atoms with van der Waals surface area (Å²) >= 11 is 1.27. The molecule has 0 fully saturated rings. The predicted molar refractivity (Wildman–Crippen MR) is 133 cm³/mol. The van der Waals surface area contributed by atoms with Gasteiger partial charge in [-0.05, 0) is 53.3 Å². The molecule has 31 heavy (non-hydrogen) atoms. The average Bonchev–Trinajstić information content (AvgIpc) is 3.22. The van der Waals surface area contributed by atoms with Crippen LogP contribution in [0, 0.1) is 0 Å². The number of hydrogen-bond acceptors (Lipinski definition) is 4. The van der Waals surface area contributed by atoms with E-state index in [1.54, 1.807) is 0 Å². The van der Waals surface area contributed by atoms with Crippen molar-refractivity contribution in [3.63, 3.8) is 0 Å². The lowest BCUT2D eigenvalue weighted by molar-refractivity contribution is 0.906. The number of allylic oxidation sites excluding steroid dienone is 5. The second kappa shape index (κ2) is 9.33. The third-order valence-electron chi connectivity index (χ3n) is 5.40. The van der Waals surface area contributed by atoms with Gasteiger partial charge in [0.05, 0.1) is 6.20 Å². The maximum atomic E-state index is 5.86. The summed E-state index contributed by atoms with van der Waals surface area (Å²) in [6.07, 6.45) is 14.1. The molecule has 0 saturated heterocycles. The SMILES string of the molecule is C=C/C(=C\C=C(\C)CCC)c1cnc2c(-c3ccc(SN)c4ccccc34)cnn2c1. The minimum atomic E-state index is 0.822. The van der Waals surface area contributed by atoms with Crippen LogP contribution in [0.1, 0.15) is 32.3 Å². The van der Waals surface area contributed by atoms with Gasteiger partial charge in [-0.1, -0.05) is 74.1 Å². The monoisotopic (exact) mass is 426 g/mol. The lowest BCUT2D eigenvalue weighted by atomic mass is 10.00. The standard InChI is InChI=1S/C26H26N4S/c1-4-8-18(3)11-12-19(5-2)20-15-28-26-24(16-29-30(26)17-20)22-13-14-25(31-27)23-10-7-6-9-21(22)23/h5-7,9-17H,2,4,8,27H2,1,3H3/b18-11-,19-12+. The van der Waals surface area contributed by atoms with E-state index in [0.29, 0.717) is 0 Å². The van der Waals surface area contributed by atoms with Crippen LogP contribution in [0.15, 0.2) is 90.3 Å². The van der Waals surface area contributed by atoms with Crippen LogP contribution in [0.3, 0.4) is 0 Å². The van der Waals surface area contributed by atoms with Crippen molar-refractivity contribution in [2.75, 3.05) is 0 Å². The van der Waals surface area contributed by atoms with Crippen molar-refractivity contribution in [3.05, 3.63) is 90.9 Å². The van der Waals surface area contributed by atoms with Crippen molar-refractivity contribution in [2.24, 2.45) is 5.14 Å². The van der Waals surface area contributed by atoms with Gasteiger partial charge in [0.15, 0.2) is 5.65 Å². The summed E-state index contributed by atoms with van der Waals surface area (Å²) in [4.78, 5) is 5.81. The topological polar surface area (TPSA) is 56.2 Å². The van der Waals surface area contributed by atoms with Gasteiger partial charge in [0.25, 0.3) is 0 Å². The Morgan fingerprint density at radius 2 is 1.90 bits per heavy atom. The van der Waals surface area contributed by atoms with Crippen molar-refractivity contribution >= 4 is 33.9 Å². The quantitative estimate of drug-likeness (QED) is 0.260. The summed E-state index contributed by atoms with van der Waals surface area (Å²) in [7, 11) is 0. The molecule has 0 aliphatic heterocycles. The molecule has 2 N–H and O–H groups in total. The van der Waals surface area contributed by atoms with Crippen LogP contribution in [0.4, 0.5) is 0 Å². The summed E-state index contributed by atoms with van der Waals surface area (Å²) < 4.78 is 1.84. The van der Waals surface area contributed by atoms with E-state index in [9.17, 15) is 0 Å². The molecule has 4 nitrogen and oxygen atoms in total. The minimum Gasteiger partial charge on any atom is -0.274 e. The molecule has 4 rings (SSSR count). The Balaban J connectivity index is 1.79. The summed E-state index contributed by atoms with van der Waals surface area (Å²) in [5, 5.41) is 12.7. The molecule has 0 bridgehead atoms. The van der Waals surface area contributed by atoms with Gasteiger partial charge in [-0.25, -0.2) is 9.50 Å². The largest absolute Gasteiger partial charge is 0.274 e. The molecule has 0 spiro atoms. The van der Waals surface area contributed by atoms with Crippen LogP contribution in [0.25, 0.3) is 33.1 Å². The molecule has 0 amide bonds. The van der Waals surface area contributed by atoms with Gasteiger partial charge in [-0.2, -0.15) is 5.10 Å². The van der Waals surface area contributed by atoms with Crippen molar-refractivity contribution in [1.82, 2.24) is 14.6 Å². The smallest absolute Gasteiger partial charge is 0.162 e. The minimum absolute atomic E-state index is 0.822. The zero-order chi connectivity index (χ0) is 21.8. The number of fused-ring (bicyclic) bond motifs is 2. The fourth-order valence-electron chi connectivity index (χ4n) is 3.81. The summed E-state index contributed by atoms with van der Waals surface area (Å²) in [6, 6.07) is 12.5. The number of nitrogens with two attached hydrogens (primary N) is 1. The lowest BCUT2D eigenvalue weighted by Gasteiger charge is -2.09. The lowest BCUT2D eigenvalue weighted by Crippen LogP contribution is -1.94. The van der Waals surface area contributed by atoms with Crippen LogP contribution in [-0.4, -0.2) is 14.6 Å². The van der Waals surface area contributed by atoms with Crippen molar-refractivity contribution in [2.45, 2.75) is 31.6 Å². The van der Waals surface area contributed by atoms with E-state index >= 15 is 0 Å². The fraction of sp³-hybridized carbons (Fsp3) is 0.154. The van der Waals surface area contributed by atoms with E-state index in [-0.39, 0.29) is 0 Å². The molecule has 2 heterocycles. The van der Waals surface area contributed by atoms with Gasteiger partial charge >= 0.3 is 0 Å². The Labute approximate surface area is 187 Å². The Morgan fingerprint density at radius 3 is 2.65 bits per heavy atom. The number of benzene rings is 2. The van der Waals surface area contributed by atoms with Crippen LogP contribution in [-0.2, 0) is 0 Å². The van der Waals surface area contributed by atoms with Gasteiger partial charge in [-0.15, -0.1) is 0 Å². The summed E-state index contributed by atoms with van der Waals surface area (Å²) in [5.74, 6) is 0. The van der Waals surface area contributed by atoms with E-state index in [4.69, 9.17) is 10.1 Å². The summed E-state index contributed by atoms with van der Waals surface area (Å²) in [6.45, 7) is 8.32. The highest BCUT2D eigenvalue weighted by atomic mass is 32.2. The Bertz CT molecular complexity index is 1310. The molecule has 0 aliphatic rings. The zero-order valence-corrected chi connectivity index (χ0v) is 18.7. The summed E-state index contributed by atoms with van der Waals surface area (Å²) in [5.41, 5.74) is 6.28. The highest BCUT2D eigenvalue weighted by molar-refractivity contribution is 7.97. The van der Waals surface area contributed by atoms with Gasteiger partial charge in [0.2, 0.25) is 0 Å². The van der Waals surface area contributed by atoms with Crippen LogP contribution in [0.2, 0.25) is 0 Å². The first kappa shape index (κ1) is 21.1. The molecular weight excluding hydrogens is 400 g/mol. The maximum absolute atomic E-state index is 5.86. The van der Waals surface area contributed by atoms with E-state index < -0.39 is 0 Å². The molecule has 0 unspecified atom stereocenters. The third-order valence-corrected chi connectivity index (χ3v) is 6.01. The molecule has 4 aromatic rings. The fourth-order valence-corrected chi connectivity index (χ4v) is 4.27. The number of rotatable bonds is 7. The molecule has 0 aliphatic carbocycles. The van der Waals surface area contributed by atoms with Gasteiger partial charge in [0, 0.05) is 28.4 Å². The van der Waals surface area contributed by atoms with Crippen LogP contribution in [0.5, 0.6) is 0 Å². The van der Waals surface area contributed by atoms with Crippen LogP contribution < -0.4 is 5.14 Å². The third kappa shape index (κ3) is 4.20. The highest BCUT2D eigenvalue weighted by Crippen LogP contribution is 2.35. The van der Waals surface area contributed by atoms with Gasteiger partial charge < -0.3 is 0 Å². The predicted octanol–water partition coefficient (Wildman–Crippen LogP) is 6.83. The molecule has 156 valence electrons. The molecule has 5 heteroatoms. The zero-order valence-electron chi connectivity index (χ0n) is 17.9. The molecule has 0 radical (unpaired) electrons. The average molecular weight is 427 g/mol. The Kier molecular flexibility index (Phi) is 6.35. The molecule has 0 saturated carbocycles. The molecule has 2 aromatic heterocycles. The Morgan fingerprint density at radius 1 is 1.10 bits per heavy atom. The molecule has 0 atom stereocenters. The maximum Gasteiger partial charge on any atom is 0.162 e. The van der Waals surface area contributed by atoms with Crippen molar-refractivity contribution < 1.29 is 0 Å². The van der Waals surface area contributed by atoms with E-state index in [0.717, 1.165) is 56.4 Å². The second-order valence-corrected chi connectivity index (χ2v) is 8.21. The van der Waals surface area contributed by atoms with Gasteiger partial charge in [-0.3, -0.25) is 5.14 Å². The first-order valence-electron chi connectivity index (χ1n) is 10.4. The van der Waals surface area contributed by atoms with Crippen molar-refractivity contribution in [1.29, 1.82) is 0 Å².